The average molecular weight is 351 g/mol. The SMILES string of the molecule is CCOC(=O)c1ccccc1NC(=O)COC(=O)c1cc(Cl)c[nH]1. The fourth-order valence-corrected chi connectivity index (χ4v) is 2.02. The first-order chi connectivity index (χ1) is 11.5. The maximum atomic E-state index is 11.9. The maximum absolute atomic E-state index is 11.9. The van der Waals surface area contributed by atoms with Crippen LogP contribution in [0.25, 0.3) is 0 Å². The molecule has 2 aromatic rings. The molecule has 1 amide bonds. The molecule has 7 nitrogen and oxygen atoms in total. The zero-order chi connectivity index (χ0) is 17.5. The minimum absolute atomic E-state index is 0.139. The predicted molar refractivity (Wildman–Crippen MR) is 87.1 cm³/mol. The Hall–Kier alpha value is -2.80. The van der Waals surface area contributed by atoms with Crippen LogP contribution in [0.5, 0.6) is 0 Å². The zero-order valence-corrected chi connectivity index (χ0v) is 13.6. The van der Waals surface area contributed by atoms with Crippen LogP contribution < -0.4 is 5.32 Å². The molecule has 0 aliphatic heterocycles. The molecule has 0 radical (unpaired) electrons. The van der Waals surface area contributed by atoms with Crippen molar-refractivity contribution in [1.82, 2.24) is 4.98 Å². The van der Waals surface area contributed by atoms with Crippen molar-refractivity contribution in [2.45, 2.75) is 6.92 Å². The minimum atomic E-state index is -0.712. The van der Waals surface area contributed by atoms with Gasteiger partial charge in [-0.15, -0.1) is 0 Å². The van der Waals surface area contributed by atoms with E-state index in [1.165, 1.54) is 18.3 Å². The Morgan fingerprint density at radius 2 is 1.92 bits per heavy atom. The van der Waals surface area contributed by atoms with Crippen LogP contribution in [0.4, 0.5) is 5.69 Å². The summed E-state index contributed by atoms with van der Waals surface area (Å²) in [6.45, 7) is 1.40. The first kappa shape index (κ1) is 17.6. The molecule has 0 unspecified atom stereocenters. The molecule has 1 aromatic carbocycles. The highest BCUT2D eigenvalue weighted by molar-refractivity contribution is 6.30. The van der Waals surface area contributed by atoms with E-state index in [-0.39, 0.29) is 23.6 Å². The number of para-hydroxylation sites is 1. The van der Waals surface area contributed by atoms with Gasteiger partial charge in [0.15, 0.2) is 6.61 Å². The van der Waals surface area contributed by atoms with Gasteiger partial charge in [-0.1, -0.05) is 23.7 Å². The van der Waals surface area contributed by atoms with Crippen molar-refractivity contribution >= 4 is 35.1 Å². The number of halogens is 1. The molecule has 0 atom stereocenters. The number of carbonyl (C=O) groups excluding carboxylic acids is 3. The van der Waals surface area contributed by atoms with E-state index in [0.29, 0.717) is 5.02 Å². The van der Waals surface area contributed by atoms with Gasteiger partial charge in [-0.2, -0.15) is 0 Å². The van der Waals surface area contributed by atoms with E-state index in [0.717, 1.165) is 0 Å². The molecule has 0 aliphatic carbocycles. The molecule has 0 saturated carbocycles. The number of benzene rings is 1. The third kappa shape index (κ3) is 4.60. The highest BCUT2D eigenvalue weighted by atomic mass is 35.5. The summed E-state index contributed by atoms with van der Waals surface area (Å²) in [6, 6.07) is 7.78. The minimum Gasteiger partial charge on any atom is -0.462 e. The highest BCUT2D eigenvalue weighted by Crippen LogP contribution is 2.16. The van der Waals surface area contributed by atoms with Crippen LogP contribution in [0, 0.1) is 0 Å². The quantitative estimate of drug-likeness (QED) is 0.780. The Bertz CT molecular complexity index is 756. The molecule has 0 spiro atoms. The number of esters is 2. The molecular formula is C16H15ClN2O5. The van der Waals surface area contributed by atoms with Gasteiger partial charge < -0.3 is 19.8 Å². The molecule has 8 heteroatoms. The summed E-state index contributed by atoms with van der Waals surface area (Å²) in [5.41, 5.74) is 0.634. The van der Waals surface area contributed by atoms with E-state index in [2.05, 4.69) is 10.3 Å². The van der Waals surface area contributed by atoms with Gasteiger partial charge in [0.25, 0.3) is 5.91 Å². The number of amides is 1. The van der Waals surface area contributed by atoms with Crippen LogP contribution in [-0.4, -0.2) is 36.0 Å². The summed E-state index contributed by atoms with van der Waals surface area (Å²) in [5, 5.41) is 2.86. The summed E-state index contributed by atoms with van der Waals surface area (Å²) >= 11 is 5.69. The van der Waals surface area contributed by atoms with Crippen LogP contribution in [0.2, 0.25) is 5.02 Å². The molecule has 1 heterocycles. The number of ether oxygens (including phenoxy) is 2. The summed E-state index contributed by atoms with van der Waals surface area (Å²) in [5.74, 6) is -1.85. The molecule has 0 fully saturated rings. The monoisotopic (exact) mass is 350 g/mol. The van der Waals surface area contributed by atoms with Crippen molar-refractivity contribution in [3.63, 3.8) is 0 Å². The summed E-state index contributed by atoms with van der Waals surface area (Å²) in [7, 11) is 0. The van der Waals surface area contributed by atoms with Crippen molar-refractivity contribution in [2.75, 3.05) is 18.5 Å². The lowest BCUT2D eigenvalue weighted by molar-refractivity contribution is -0.119. The average Bonchev–Trinajstić information content (AvgIpc) is 3.00. The van der Waals surface area contributed by atoms with Crippen molar-refractivity contribution in [2.24, 2.45) is 0 Å². The molecule has 0 aliphatic rings. The summed E-state index contributed by atoms with van der Waals surface area (Å²) < 4.78 is 9.78. The number of nitrogens with one attached hydrogen (secondary N) is 2. The van der Waals surface area contributed by atoms with E-state index in [1.807, 2.05) is 0 Å². The Morgan fingerprint density at radius 3 is 2.58 bits per heavy atom. The van der Waals surface area contributed by atoms with Crippen molar-refractivity contribution in [3.05, 3.63) is 52.8 Å². The first-order valence-corrected chi connectivity index (χ1v) is 7.46. The van der Waals surface area contributed by atoms with Crippen molar-refractivity contribution in [1.29, 1.82) is 0 Å². The second-order valence-electron chi connectivity index (χ2n) is 4.62. The number of hydrogen-bond acceptors (Lipinski definition) is 5. The lowest BCUT2D eigenvalue weighted by Crippen LogP contribution is -2.22. The number of H-pyrrole nitrogens is 1. The summed E-state index contributed by atoms with van der Waals surface area (Å²) in [4.78, 5) is 38.1. The second-order valence-corrected chi connectivity index (χ2v) is 5.06. The van der Waals surface area contributed by atoms with Crippen molar-refractivity contribution < 1.29 is 23.9 Å². The molecule has 126 valence electrons. The third-order valence-electron chi connectivity index (χ3n) is 2.90. The Balaban J connectivity index is 1.95. The van der Waals surface area contributed by atoms with Crippen molar-refractivity contribution in [3.8, 4) is 0 Å². The molecule has 0 bridgehead atoms. The second kappa shape index (κ2) is 8.16. The Kier molecular flexibility index (Phi) is 5.97. The molecule has 2 N–H and O–H groups in total. The lowest BCUT2D eigenvalue weighted by Gasteiger charge is -2.10. The number of aromatic nitrogens is 1. The van der Waals surface area contributed by atoms with E-state index >= 15 is 0 Å². The normalized spacial score (nSPS) is 10.1. The summed E-state index contributed by atoms with van der Waals surface area (Å²) in [6.07, 6.45) is 1.42. The molecule has 24 heavy (non-hydrogen) atoms. The van der Waals surface area contributed by atoms with Gasteiger partial charge in [0.1, 0.15) is 5.69 Å². The third-order valence-corrected chi connectivity index (χ3v) is 3.12. The lowest BCUT2D eigenvalue weighted by atomic mass is 10.2. The number of rotatable bonds is 6. The van der Waals surface area contributed by atoms with Crippen LogP contribution >= 0.6 is 11.6 Å². The van der Waals surface area contributed by atoms with Gasteiger partial charge in [0.05, 0.1) is 22.9 Å². The van der Waals surface area contributed by atoms with E-state index in [1.54, 1.807) is 25.1 Å². The fourth-order valence-electron chi connectivity index (χ4n) is 1.86. The number of anilines is 1. The zero-order valence-electron chi connectivity index (χ0n) is 12.8. The fraction of sp³-hybridized carbons (Fsp3) is 0.188. The van der Waals surface area contributed by atoms with Gasteiger partial charge in [0, 0.05) is 6.20 Å². The number of aromatic amines is 1. The van der Waals surface area contributed by atoms with Crippen LogP contribution in [-0.2, 0) is 14.3 Å². The maximum Gasteiger partial charge on any atom is 0.355 e. The van der Waals surface area contributed by atoms with E-state index in [9.17, 15) is 14.4 Å². The smallest absolute Gasteiger partial charge is 0.355 e. The molecule has 2 rings (SSSR count). The van der Waals surface area contributed by atoms with Crippen LogP contribution in [0.3, 0.4) is 0 Å². The van der Waals surface area contributed by atoms with Gasteiger partial charge in [-0.25, -0.2) is 9.59 Å². The molecule has 0 saturated heterocycles. The highest BCUT2D eigenvalue weighted by Gasteiger charge is 2.16. The largest absolute Gasteiger partial charge is 0.462 e. The topological polar surface area (TPSA) is 97.5 Å². The first-order valence-electron chi connectivity index (χ1n) is 7.08. The van der Waals surface area contributed by atoms with E-state index in [4.69, 9.17) is 21.1 Å². The Morgan fingerprint density at radius 1 is 1.17 bits per heavy atom. The number of carbonyl (C=O) groups is 3. The van der Waals surface area contributed by atoms with Gasteiger partial charge in [-0.3, -0.25) is 4.79 Å². The van der Waals surface area contributed by atoms with Gasteiger partial charge >= 0.3 is 11.9 Å². The predicted octanol–water partition coefficient (Wildman–Crippen LogP) is 2.64. The molecule has 1 aromatic heterocycles. The number of hydrogen-bond donors (Lipinski definition) is 2. The van der Waals surface area contributed by atoms with E-state index < -0.39 is 24.5 Å². The standard InChI is InChI=1S/C16H15ClN2O5/c1-2-23-15(21)11-5-3-4-6-12(11)19-14(20)9-24-16(22)13-7-10(17)8-18-13/h3-8,18H,2,9H2,1H3,(H,19,20). The Labute approximate surface area is 142 Å². The van der Waals surface area contributed by atoms with Gasteiger partial charge in [0.2, 0.25) is 0 Å². The van der Waals surface area contributed by atoms with Gasteiger partial charge in [-0.05, 0) is 25.1 Å². The van der Waals surface area contributed by atoms with Crippen LogP contribution in [0.15, 0.2) is 36.5 Å². The van der Waals surface area contributed by atoms with Crippen LogP contribution in [0.1, 0.15) is 27.8 Å². The molecular weight excluding hydrogens is 336 g/mol.